The van der Waals surface area contributed by atoms with Crippen LogP contribution in [-0.4, -0.2) is 11.9 Å². The maximum atomic E-state index is 10.6. The summed E-state index contributed by atoms with van der Waals surface area (Å²) in [4.78, 5) is 10.6. The second-order valence-electron chi connectivity index (χ2n) is 2.89. The van der Waals surface area contributed by atoms with Gasteiger partial charge in [-0.15, -0.1) is 0 Å². The molecule has 66 valence electrons. The maximum absolute atomic E-state index is 10.6. The minimum Gasteiger partial charge on any atom is -0.469 e. The Labute approximate surface area is 71.8 Å². The van der Waals surface area contributed by atoms with E-state index in [-0.39, 0.29) is 11.9 Å². The van der Waals surface area contributed by atoms with E-state index in [0.717, 1.165) is 12.2 Å². The zero-order valence-corrected chi connectivity index (χ0v) is 7.33. The average molecular weight is 167 g/mol. The van der Waals surface area contributed by atoms with E-state index < -0.39 is 0 Å². The fraction of sp³-hybridized carbons (Fsp3) is 0.444. The van der Waals surface area contributed by atoms with Crippen molar-refractivity contribution in [3.8, 4) is 0 Å². The van der Waals surface area contributed by atoms with Gasteiger partial charge in [-0.05, 0) is 19.1 Å². The Bertz CT molecular complexity index is 241. The summed E-state index contributed by atoms with van der Waals surface area (Å²) < 4.78 is 5.13. The van der Waals surface area contributed by atoms with Crippen LogP contribution >= 0.6 is 0 Å². The molecule has 3 nitrogen and oxygen atoms in total. The topological polar surface area (TPSA) is 42.2 Å². The fourth-order valence-corrected chi connectivity index (χ4v) is 1.13. The van der Waals surface area contributed by atoms with Gasteiger partial charge in [-0.25, -0.2) is 0 Å². The van der Waals surface area contributed by atoms with Gasteiger partial charge in [0, 0.05) is 19.4 Å². The van der Waals surface area contributed by atoms with Crippen LogP contribution < -0.4 is 5.32 Å². The molecule has 0 fully saturated rings. The van der Waals surface area contributed by atoms with Crippen LogP contribution in [0.1, 0.15) is 19.6 Å². The lowest BCUT2D eigenvalue weighted by atomic mass is 10.2. The predicted octanol–water partition coefficient (Wildman–Crippen LogP) is 1.35. The largest absolute Gasteiger partial charge is 0.469 e. The Morgan fingerprint density at radius 3 is 3.00 bits per heavy atom. The Morgan fingerprint density at radius 2 is 2.50 bits per heavy atom. The van der Waals surface area contributed by atoms with Gasteiger partial charge in [0.15, 0.2) is 0 Å². The summed E-state index contributed by atoms with van der Waals surface area (Å²) >= 11 is 0. The van der Waals surface area contributed by atoms with E-state index in [1.807, 2.05) is 19.1 Å². The molecule has 0 spiro atoms. The van der Waals surface area contributed by atoms with Gasteiger partial charge >= 0.3 is 0 Å². The summed E-state index contributed by atoms with van der Waals surface area (Å²) in [5, 5.41) is 2.78. The molecule has 12 heavy (non-hydrogen) atoms. The lowest BCUT2D eigenvalue weighted by Crippen LogP contribution is -2.31. The molecule has 1 heterocycles. The highest BCUT2D eigenvalue weighted by molar-refractivity contribution is 5.73. The zero-order chi connectivity index (χ0) is 8.97. The van der Waals surface area contributed by atoms with Gasteiger partial charge in [-0.2, -0.15) is 0 Å². The quantitative estimate of drug-likeness (QED) is 0.738. The molecule has 1 N–H and O–H groups in total. The minimum atomic E-state index is -0.00550. The van der Waals surface area contributed by atoms with Crippen molar-refractivity contribution in [3.63, 3.8) is 0 Å². The Balaban J connectivity index is 2.36. The van der Waals surface area contributed by atoms with E-state index >= 15 is 0 Å². The molecule has 1 unspecified atom stereocenters. The third-order valence-electron chi connectivity index (χ3n) is 1.54. The van der Waals surface area contributed by atoms with Crippen LogP contribution in [0.25, 0.3) is 0 Å². The molecule has 0 bridgehead atoms. The van der Waals surface area contributed by atoms with Crippen LogP contribution in [0.2, 0.25) is 0 Å². The predicted molar refractivity (Wildman–Crippen MR) is 45.7 cm³/mol. The monoisotopic (exact) mass is 167 g/mol. The van der Waals surface area contributed by atoms with Gasteiger partial charge in [0.25, 0.3) is 0 Å². The molecule has 0 saturated carbocycles. The molecule has 1 aromatic heterocycles. The second kappa shape index (κ2) is 3.95. The van der Waals surface area contributed by atoms with Gasteiger partial charge in [0.05, 0.1) is 6.26 Å². The Hall–Kier alpha value is -1.25. The van der Waals surface area contributed by atoms with Crippen molar-refractivity contribution in [1.82, 2.24) is 5.32 Å². The minimum absolute atomic E-state index is 0.00550. The SMILES string of the molecule is CC(=O)NC(C)Cc1ccco1. The van der Waals surface area contributed by atoms with Crippen LogP contribution in [-0.2, 0) is 11.2 Å². The van der Waals surface area contributed by atoms with Crippen molar-refractivity contribution in [3.05, 3.63) is 24.2 Å². The first-order valence-corrected chi connectivity index (χ1v) is 3.98. The van der Waals surface area contributed by atoms with Crippen LogP contribution in [0.5, 0.6) is 0 Å². The molecule has 1 amide bonds. The highest BCUT2D eigenvalue weighted by atomic mass is 16.3. The van der Waals surface area contributed by atoms with E-state index in [1.54, 1.807) is 6.26 Å². The summed E-state index contributed by atoms with van der Waals surface area (Å²) in [6.07, 6.45) is 2.38. The summed E-state index contributed by atoms with van der Waals surface area (Å²) in [5.41, 5.74) is 0. The number of carbonyl (C=O) groups excluding carboxylic acids is 1. The normalized spacial score (nSPS) is 12.5. The summed E-state index contributed by atoms with van der Waals surface area (Å²) in [5.74, 6) is 0.894. The van der Waals surface area contributed by atoms with E-state index in [2.05, 4.69) is 5.32 Å². The third kappa shape index (κ3) is 2.78. The number of furan rings is 1. The van der Waals surface area contributed by atoms with Crippen LogP contribution in [0.4, 0.5) is 0 Å². The van der Waals surface area contributed by atoms with E-state index in [4.69, 9.17) is 4.42 Å². The number of carbonyl (C=O) groups is 1. The molecule has 0 saturated heterocycles. The van der Waals surface area contributed by atoms with E-state index in [0.29, 0.717) is 0 Å². The molecule has 1 atom stereocenters. The van der Waals surface area contributed by atoms with Crippen molar-refractivity contribution in [2.24, 2.45) is 0 Å². The fourth-order valence-electron chi connectivity index (χ4n) is 1.13. The Kier molecular flexibility index (Phi) is 2.91. The van der Waals surface area contributed by atoms with Gasteiger partial charge in [0.1, 0.15) is 5.76 Å². The summed E-state index contributed by atoms with van der Waals surface area (Å²) in [6.45, 7) is 3.46. The number of rotatable bonds is 3. The van der Waals surface area contributed by atoms with E-state index in [1.165, 1.54) is 6.92 Å². The van der Waals surface area contributed by atoms with Crippen molar-refractivity contribution >= 4 is 5.91 Å². The number of nitrogens with one attached hydrogen (secondary N) is 1. The summed E-state index contributed by atoms with van der Waals surface area (Å²) in [7, 11) is 0. The molecule has 0 aromatic carbocycles. The lowest BCUT2D eigenvalue weighted by molar-refractivity contribution is -0.119. The third-order valence-corrected chi connectivity index (χ3v) is 1.54. The maximum Gasteiger partial charge on any atom is 0.217 e. The molecule has 0 aliphatic rings. The van der Waals surface area contributed by atoms with Crippen molar-refractivity contribution in [1.29, 1.82) is 0 Å². The standard InChI is InChI=1S/C9H13NO2/c1-7(10-8(2)11)6-9-4-3-5-12-9/h3-5,7H,6H2,1-2H3,(H,10,11). The smallest absolute Gasteiger partial charge is 0.217 e. The highest BCUT2D eigenvalue weighted by Gasteiger charge is 2.05. The molecule has 0 radical (unpaired) electrons. The molecule has 1 aromatic rings. The first-order chi connectivity index (χ1) is 5.68. The van der Waals surface area contributed by atoms with Crippen molar-refractivity contribution in [2.75, 3.05) is 0 Å². The Morgan fingerprint density at radius 1 is 1.75 bits per heavy atom. The highest BCUT2D eigenvalue weighted by Crippen LogP contribution is 2.03. The van der Waals surface area contributed by atoms with Gasteiger partial charge in [0.2, 0.25) is 5.91 Å². The second-order valence-corrected chi connectivity index (χ2v) is 2.89. The van der Waals surface area contributed by atoms with Crippen LogP contribution in [0.3, 0.4) is 0 Å². The molecule has 3 heteroatoms. The number of amides is 1. The lowest BCUT2D eigenvalue weighted by Gasteiger charge is -2.09. The number of hydrogen-bond acceptors (Lipinski definition) is 2. The van der Waals surface area contributed by atoms with Crippen LogP contribution in [0, 0.1) is 0 Å². The van der Waals surface area contributed by atoms with Gasteiger partial charge < -0.3 is 9.73 Å². The van der Waals surface area contributed by atoms with Gasteiger partial charge in [-0.1, -0.05) is 0 Å². The zero-order valence-electron chi connectivity index (χ0n) is 7.33. The van der Waals surface area contributed by atoms with E-state index in [9.17, 15) is 4.79 Å². The molecule has 1 rings (SSSR count). The molecular formula is C9H13NO2. The van der Waals surface area contributed by atoms with Crippen LogP contribution in [0.15, 0.2) is 22.8 Å². The summed E-state index contributed by atoms with van der Waals surface area (Å²) in [6, 6.07) is 3.88. The molecule has 0 aliphatic carbocycles. The van der Waals surface area contributed by atoms with Gasteiger partial charge in [-0.3, -0.25) is 4.79 Å². The first-order valence-electron chi connectivity index (χ1n) is 3.98. The molecular weight excluding hydrogens is 154 g/mol. The average Bonchev–Trinajstić information content (AvgIpc) is 2.37. The molecule has 0 aliphatic heterocycles. The van der Waals surface area contributed by atoms with Crippen molar-refractivity contribution in [2.45, 2.75) is 26.3 Å². The van der Waals surface area contributed by atoms with Crippen molar-refractivity contribution < 1.29 is 9.21 Å². The first kappa shape index (κ1) is 8.84. The number of hydrogen-bond donors (Lipinski definition) is 1.